The van der Waals surface area contributed by atoms with E-state index in [0.717, 1.165) is 23.7 Å². The molecule has 2 heteroatoms. The van der Waals surface area contributed by atoms with Crippen LogP contribution in [0.4, 0.5) is 0 Å². The van der Waals surface area contributed by atoms with Gasteiger partial charge in [-0.15, -0.1) is 0 Å². The first kappa shape index (κ1) is 11.4. The van der Waals surface area contributed by atoms with E-state index in [2.05, 4.69) is 31.0 Å². The number of hydrogen-bond acceptors (Lipinski definition) is 2. The fourth-order valence-corrected chi connectivity index (χ4v) is 3.38. The van der Waals surface area contributed by atoms with E-state index in [1.54, 1.807) is 0 Å². The molecule has 2 aliphatic rings. The zero-order valence-corrected chi connectivity index (χ0v) is 10.5. The molecule has 4 atom stereocenters. The number of nitrogens with zero attached hydrogens (tertiary/aromatic N) is 1. The van der Waals surface area contributed by atoms with Crippen LogP contribution in [0.5, 0.6) is 0 Å². The maximum Gasteiger partial charge on any atom is 0.00251 e. The van der Waals surface area contributed by atoms with Gasteiger partial charge in [-0.3, -0.25) is 0 Å². The summed E-state index contributed by atoms with van der Waals surface area (Å²) in [6.45, 7) is 13.6. The Morgan fingerprint density at radius 1 is 1.07 bits per heavy atom. The number of hydrogen-bond donors (Lipinski definition) is 1. The lowest BCUT2D eigenvalue weighted by atomic mass is 9.90. The predicted octanol–water partition coefficient (Wildman–Crippen LogP) is 1.82. The van der Waals surface area contributed by atoms with Gasteiger partial charge in [-0.05, 0) is 43.2 Å². The molecule has 0 bridgehead atoms. The van der Waals surface area contributed by atoms with Gasteiger partial charge in [-0.2, -0.15) is 0 Å². The quantitative estimate of drug-likeness (QED) is 0.748. The highest BCUT2D eigenvalue weighted by molar-refractivity contribution is 4.83. The second-order valence-corrected chi connectivity index (χ2v) is 6.06. The van der Waals surface area contributed by atoms with Crippen molar-refractivity contribution >= 4 is 0 Å². The minimum atomic E-state index is 0.873. The molecule has 2 fully saturated rings. The molecule has 15 heavy (non-hydrogen) atoms. The Morgan fingerprint density at radius 2 is 1.73 bits per heavy atom. The lowest BCUT2D eigenvalue weighted by Gasteiger charge is -2.36. The summed E-state index contributed by atoms with van der Waals surface area (Å²) in [6.07, 6.45) is 1.43. The Labute approximate surface area is 94.4 Å². The average Bonchev–Trinajstić information content (AvgIpc) is 2.50. The van der Waals surface area contributed by atoms with Crippen LogP contribution in [0.25, 0.3) is 0 Å². The van der Waals surface area contributed by atoms with Crippen LogP contribution in [0.1, 0.15) is 27.2 Å². The van der Waals surface area contributed by atoms with E-state index in [1.807, 2.05) is 0 Å². The standard InChI is InChI=1S/C13H26N2/c1-10-4-11(2)8-15(7-10)9-13-6-14-5-12(13)3/h10-14H,4-9H2,1-3H3/t10?,11?,12-,13+/m1/s1. The maximum atomic E-state index is 3.51. The first-order valence-electron chi connectivity index (χ1n) is 6.58. The van der Waals surface area contributed by atoms with Crippen LogP contribution < -0.4 is 5.32 Å². The van der Waals surface area contributed by atoms with Crippen molar-refractivity contribution in [1.82, 2.24) is 10.2 Å². The molecule has 2 rings (SSSR count). The smallest absolute Gasteiger partial charge is 0.00251 e. The Morgan fingerprint density at radius 3 is 2.27 bits per heavy atom. The molecule has 2 unspecified atom stereocenters. The van der Waals surface area contributed by atoms with E-state index < -0.39 is 0 Å². The third-order valence-corrected chi connectivity index (χ3v) is 4.11. The molecule has 2 aliphatic heterocycles. The number of nitrogens with one attached hydrogen (secondary N) is 1. The van der Waals surface area contributed by atoms with E-state index in [4.69, 9.17) is 0 Å². The van der Waals surface area contributed by atoms with Gasteiger partial charge in [-0.1, -0.05) is 20.8 Å². The van der Waals surface area contributed by atoms with Crippen molar-refractivity contribution in [2.75, 3.05) is 32.7 Å². The van der Waals surface area contributed by atoms with Crippen LogP contribution in [0.15, 0.2) is 0 Å². The summed E-state index contributed by atoms with van der Waals surface area (Å²) in [4.78, 5) is 2.70. The first-order chi connectivity index (χ1) is 7.15. The van der Waals surface area contributed by atoms with Crippen LogP contribution >= 0.6 is 0 Å². The van der Waals surface area contributed by atoms with Crippen LogP contribution in [0.3, 0.4) is 0 Å². The Bertz CT molecular complexity index is 195. The van der Waals surface area contributed by atoms with Crippen LogP contribution in [-0.2, 0) is 0 Å². The normalized spacial score (nSPS) is 43.4. The van der Waals surface area contributed by atoms with Gasteiger partial charge in [0, 0.05) is 19.6 Å². The molecule has 2 nitrogen and oxygen atoms in total. The summed E-state index contributed by atoms with van der Waals surface area (Å²) in [5.41, 5.74) is 0. The predicted molar refractivity (Wildman–Crippen MR) is 64.9 cm³/mol. The summed E-state index contributed by atoms with van der Waals surface area (Å²) >= 11 is 0. The van der Waals surface area contributed by atoms with E-state index >= 15 is 0 Å². The van der Waals surface area contributed by atoms with E-state index in [0.29, 0.717) is 0 Å². The van der Waals surface area contributed by atoms with Crippen molar-refractivity contribution in [3.8, 4) is 0 Å². The highest BCUT2D eigenvalue weighted by Gasteiger charge is 2.28. The zero-order chi connectivity index (χ0) is 10.8. The van der Waals surface area contributed by atoms with Crippen molar-refractivity contribution in [2.45, 2.75) is 27.2 Å². The third kappa shape index (κ3) is 2.94. The lowest BCUT2D eigenvalue weighted by molar-refractivity contribution is 0.117. The van der Waals surface area contributed by atoms with Crippen molar-refractivity contribution in [2.24, 2.45) is 23.7 Å². The van der Waals surface area contributed by atoms with Gasteiger partial charge >= 0.3 is 0 Å². The van der Waals surface area contributed by atoms with Gasteiger partial charge in [-0.25, -0.2) is 0 Å². The second kappa shape index (κ2) is 4.84. The number of likely N-dealkylation sites (tertiary alicyclic amines) is 1. The molecule has 2 saturated heterocycles. The van der Waals surface area contributed by atoms with Crippen molar-refractivity contribution in [3.05, 3.63) is 0 Å². The second-order valence-electron chi connectivity index (χ2n) is 6.06. The molecule has 0 aromatic rings. The fourth-order valence-electron chi connectivity index (χ4n) is 3.38. The van der Waals surface area contributed by atoms with E-state index in [1.165, 1.54) is 39.1 Å². The van der Waals surface area contributed by atoms with Gasteiger partial charge in [0.05, 0.1) is 0 Å². The Hall–Kier alpha value is -0.0800. The van der Waals surface area contributed by atoms with Gasteiger partial charge in [0.1, 0.15) is 0 Å². The molecule has 0 amide bonds. The Balaban J connectivity index is 1.83. The SMILES string of the molecule is CC1CC(C)CN(C[C@@H]2CNC[C@H]2C)C1. The van der Waals surface area contributed by atoms with Gasteiger partial charge in [0.25, 0.3) is 0 Å². The minimum absolute atomic E-state index is 0.873. The molecular formula is C13H26N2. The topological polar surface area (TPSA) is 15.3 Å². The molecule has 0 spiro atoms. The minimum Gasteiger partial charge on any atom is -0.316 e. The van der Waals surface area contributed by atoms with Gasteiger partial charge in [0.15, 0.2) is 0 Å². The van der Waals surface area contributed by atoms with Crippen LogP contribution in [0.2, 0.25) is 0 Å². The highest BCUT2D eigenvalue weighted by atomic mass is 15.1. The summed E-state index contributed by atoms with van der Waals surface area (Å²) < 4.78 is 0. The van der Waals surface area contributed by atoms with Gasteiger partial charge in [0.2, 0.25) is 0 Å². The summed E-state index contributed by atoms with van der Waals surface area (Å²) in [7, 11) is 0. The van der Waals surface area contributed by atoms with Gasteiger partial charge < -0.3 is 10.2 Å². The molecule has 0 saturated carbocycles. The highest BCUT2D eigenvalue weighted by Crippen LogP contribution is 2.24. The monoisotopic (exact) mass is 210 g/mol. The molecule has 2 heterocycles. The molecule has 88 valence electrons. The molecule has 0 aliphatic carbocycles. The summed E-state index contributed by atoms with van der Waals surface area (Å²) in [6, 6.07) is 0. The molecule has 1 N–H and O–H groups in total. The average molecular weight is 210 g/mol. The third-order valence-electron chi connectivity index (χ3n) is 4.11. The fraction of sp³-hybridized carbons (Fsp3) is 1.00. The first-order valence-corrected chi connectivity index (χ1v) is 6.58. The van der Waals surface area contributed by atoms with Crippen LogP contribution in [-0.4, -0.2) is 37.6 Å². The summed E-state index contributed by atoms with van der Waals surface area (Å²) in [5, 5.41) is 3.51. The van der Waals surface area contributed by atoms with Crippen LogP contribution in [0, 0.1) is 23.7 Å². The zero-order valence-electron chi connectivity index (χ0n) is 10.5. The number of piperidine rings is 1. The molecule has 0 aromatic carbocycles. The number of rotatable bonds is 2. The van der Waals surface area contributed by atoms with E-state index in [-0.39, 0.29) is 0 Å². The van der Waals surface area contributed by atoms with Crippen molar-refractivity contribution in [3.63, 3.8) is 0 Å². The molecular weight excluding hydrogens is 184 g/mol. The summed E-state index contributed by atoms with van der Waals surface area (Å²) in [5.74, 6) is 3.57. The lowest BCUT2D eigenvalue weighted by Crippen LogP contribution is -2.42. The molecule has 0 aromatic heterocycles. The Kier molecular flexibility index (Phi) is 3.68. The largest absolute Gasteiger partial charge is 0.316 e. The molecule has 0 radical (unpaired) electrons. The van der Waals surface area contributed by atoms with Crippen molar-refractivity contribution in [1.29, 1.82) is 0 Å². The maximum absolute atomic E-state index is 3.51. The van der Waals surface area contributed by atoms with Crippen molar-refractivity contribution < 1.29 is 0 Å². The van der Waals surface area contributed by atoms with E-state index in [9.17, 15) is 0 Å².